The average Bonchev–Trinajstić information content (AvgIpc) is 2.65. The van der Waals surface area contributed by atoms with Crippen LogP contribution in [0.1, 0.15) is 10.4 Å². The van der Waals surface area contributed by atoms with Crippen molar-refractivity contribution in [1.29, 1.82) is 0 Å². The number of pyridine rings is 1. The minimum atomic E-state index is -0.471. The van der Waals surface area contributed by atoms with Crippen LogP contribution in [-0.2, 0) is 4.74 Å². The fourth-order valence-electron chi connectivity index (χ4n) is 1.88. The molecule has 0 saturated carbocycles. The zero-order valence-corrected chi connectivity index (χ0v) is 12.6. The van der Waals surface area contributed by atoms with E-state index in [4.69, 9.17) is 10.5 Å². The highest BCUT2D eigenvalue weighted by Crippen LogP contribution is 2.11. The van der Waals surface area contributed by atoms with Crippen LogP contribution in [0, 0.1) is 5.92 Å². The second kappa shape index (κ2) is 9.77. The van der Waals surface area contributed by atoms with Gasteiger partial charge in [0.2, 0.25) is 0 Å². The molecular weight excluding hydrogens is 303 g/mol. The van der Waals surface area contributed by atoms with Crippen LogP contribution in [0.2, 0.25) is 0 Å². The molecule has 0 aliphatic carbocycles. The zero-order valence-electron chi connectivity index (χ0n) is 11.0. The van der Waals surface area contributed by atoms with Crippen molar-refractivity contribution in [2.24, 2.45) is 11.7 Å². The van der Waals surface area contributed by atoms with Gasteiger partial charge in [-0.2, -0.15) is 0 Å². The minimum Gasteiger partial charge on any atom is -0.380 e. The van der Waals surface area contributed by atoms with Gasteiger partial charge >= 0.3 is 0 Å². The fraction of sp³-hybridized carbons (Fsp3) is 0.500. The number of carbonyl (C=O) groups excluding carboxylic acids is 1. The first kappa shape index (κ1) is 18.9. The average molecular weight is 323 g/mol. The van der Waals surface area contributed by atoms with Gasteiger partial charge in [-0.3, -0.25) is 4.79 Å². The summed E-state index contributed by atoms with van der Waals surface area (Å²) in [4.78, 5) is 15.4. The number of hydrogen-bond acceptors (Lipinski definition) is 5. The largest absolute Gasteiger partial charge is 0.380 e. The van der Waals surface area contributed by atoms with Gasteiger partial charge < -0.3 is 21.1 Å². The number of nitrogens with two attached hydrogens (primary N) is 1. The van der Waals surface area contributed by atoms with Crippen LogP contribution in [0.4, 0.5) is 5.82 Å². The third kappa shape index (κ3) is 5.50. The second-order valence-electron chi connectivity index (χ2n) is 4.29. The number of primary amides is 1. The lowest BCUT2D eigenvalue weighted by atomic mass is 10.1. The summed E-state index contributed by atoms with van der Waals surface area (Å²) in [6.45, 7) is 3.92. The Morgan fingerprint density at radius 2 is 2.35 bits per heavy atom. The predicted molar refractivity (Wildman–Crippen MR) is 82.9 cm³/mol. The molecule has 1 atom stereocenters. The molecule has 20 heavy (non-hydrogen) atoms. The molecule has 1 amide bonds. The molecule has 2 heterocycles. The summed E-state index contributed by atoms with van der Waals surface area (Å²) in [6.07, 6.45) is 1.64. The van der Waals surface area contributed by atoms with Crippen LogP contribution in [-0.4, -0.2) is 43.7 Å². The monoisotopic (exact) mass is 322 g/mol. The van der Waals surface area contributed by atoms with Gasteiger partial charge in [0, 0.05) is 31.7 Å². The number of rotatable bonds is 4. The lowest BCUT2D eigenvalue weighted by molar-refractivity contribution is 0.100. The Bertz CT molecular complexity index is 412. The maximum absolute atomic E-state index is 11.2. The topological polar surface area (TPSA) is 89.3 Å². The summed E-state index contributed by atoms with van der Waals surface area (Å²) in [5.41, 5.74) is 5.71. The van der Waals surface area contributed by atoms with E-state index in [0.717, 1.165) is 19.7 Å². The summed E-state index contributed by atoms with van der Waals surface area (Å²) in [6, 6.07) is 3.36. The van der Waals surface area contributed by atoms with Gasteiger partial charge in [-0.1, -0.05) is 0 Å². The molecule has 0 bridgehead atoms. The lowest BCUT2D eigenvalue weighted by Crippen LogP contribution is -2.29. The SMILES string of the molecule is Cl.Cl.NC(=O)c1cccnc1NCC1CNCCOC1. The molecule has 2 rings (SSSR count). The first-order valence-corrected chi connectivity index (χ1v) is 6.04. The van der Waals surface area contributed by atoms with E-state index in [1.54, 1.807) is 18.3 Å². The van der Waals surface area contributed by atoms with Crippen LogP contribution in [0.25, 0.3) is 0 Å². The number of anilines is 1. The van der Waals surface area contributed by atoms with E-state index in [1.807, 2.05) is 0 Å². The number of aromatic nitrogens is 1. The van der Waals surface area contributed by atoms with E-state index < -0.39 is 5.91 Å². The number of nitrogens with zero attached hydrogens (tertiary/aromatic N) is 1. The lowest BCUT2D eigenvalue weighted by Gasteiger charge is -2.15. The smallest absolute Gasteiger partial charge is 0.252 e. The van der Waals surface area contributed by atoms with Crippen molar-refractivity contribution in [3.8, 4) is 0 Å². The van der Waals surface area contributed by atoms with Crippen molar-refractivity contribution in [2.45, 2.75) is 0 Å². The minimum absolute atomic E-state index is 0. The summed E-state index contributed by atoms with van der Waals surface area (Å²) in [7, 11) is 0. The highest BCUT2D eigenvalue weighted by atomic mass is 35.5. The summed E-state index contributed by atoms with van der Waals surface area (Å²) < 4.78 is 5.46. The molecule has 1 aromatic rings. The third-order valence-corrected chi connectivity index (χ3v) is 2.84. The summed E-state index contributed by atoms with van der Waals surface area (Å²) in [5.74, 6) is 0.422. The number of ether oxygens (including phenoxy) is 1. The number of amides is 1. The van der Waals surface area contributed by atoms with Gasteiger partial charge in [-0.05, 0) is 12.1 Å². The third-order valence-electron chi connectivity index (χ3n) is 2.84. The van der Waals surface area contributed by atoms with Crippen LogP contribution in [0.15, 0.2) is 18.3 Å². The first-order valence-electron chi connectivity index (χ1n) is 6.04. The number of hydrogen-bond donors (Lipinski definition) is 3. The highest BCUT2D eigenvalue weighted by Gasteiger charge is 2.14. The van der Waals surface area contributed by atoms with Gasteiger partial charge in [0.1, 0.15) is 5.82 Å². The van der Waals surface area contributed by atoms with E-state index >= 15 is 0 Å². The van der Waals surface area contributed by atoms with E-state index in [-0.39, 0.29) is 24.8 Å². The van der Waals surface area contributed by atoms with Crippen LogP contribution in [0.3, 0.4) is 0 Å². The second-order valence-corrected chi connectivity index (χ2v) is 4.29. The normalized spacial score (nSPS) is 18.1. The molecule has 1 aliphatic heterocycles. The van der Waals surface area contributed by atoms with E-state index in [2.05, 4.69) is 15.6 Å². The van der Waals surface area contributed by atoms with Crippen LogP contribution in [0.5, 0.6) is 0 Å². The Morgan fingerprint density at radius 3 is 3.10 bits per heavy atom. The molecule has 1 saturated heterocycles. The fourth-order valence-corrected chi connectivity index (χ4v) is 1.88. The van der Waals surface area contributed by atoms with E-state index in [0.29, 0.717) is 30.5 Å². The van der Waals surface area contributed by atoms with Gasteiger partial charge in [0.15, 0.2) is 0 Å². The summed E-state index contributed by atoms with van der Waals surface area (Å²) in [5, 5.41) is 6.45. The number of nitrogens with one attached hydrogen (secondary N) is 2. The van der Waals surface area contributed by atoms with E-state index in [9.17, 15) is 4.79 Å². The molecule has 0 spiro atoms. The van der Waals surface area contributed by atoms with Crippen molar-refractivity contribution < 1.29 is 9.53 Å². The number of halogens is 2. The van der Waals surface area contributed by atoms with Crippen LogP contribution >= 0.6 is 24.8 Å². The Kier molecular flexibility index (Phi) is 9.24. The van der Waals surface area contributed by atoms with E-state index in [1.165, 1.54) is 0 Å². The maximum atomic E-state index is 11.2. The van der Waals surface area contributed by atoms with Gasteiger partial charge in [-0.25, -0.2) is 4.98 Å². The molecular formula is C12H20Cl2N4O2. The molecule has 0 radical (unpaired) electrons. The highest BCUT2D eigenvalue weighted by molar-refractivity contribution is 5.97. The molecule has 1 aliphatic rings. The molecule has 4 N–H and O–H groups in total. The quantitative estimate of drug-likeness (QED) is 0.758. The molecule has 6 nitrogen and oxygen atoms in total. The summed E-state index contributed by atoms with van der Waals surface area (Å²) >= 11 is 0. The van der Waals surface area contributed by atoms with Crippen molar-refractivity contribution in [3.63, 3.8) is 0 Å². The van der Waals surface area contributed by atoms with Crippen molar-refractivity contribution in [2.75, 3.05) is 38.2 Å². The van der Waals surface area contributed by atoms with Gasteiger partial charge in [-0.15, -0.1) is 24.8 Å². The maximum Gasteiger partial charge on any atom is 0.252 e. The van der Waals surface area contributed by atoms with Crippen LogP contribution < -0.4 is 16.4 Å². The molecule has 1 fully saturated rings. The van der Waals surface area contributed by atoms with Crippen molar-refractivity contribution in [3.05, 3.63) is 23.9 Å². The molecule has 8 heteroatoms. The molecule has 1 unspecified atom stereocenters. The van der Waals surface area contributed by atoms with Crippen molar-refractivity contribution >= 4 is 36.5 Å². The van der Waals surface area contributed by atoms with Crippen molar-refractivity contribution in [1.82, 2.24) is 10.3 Å². The predicted octanol–water partition coefficient (Wildman–Crippen LogP) is 0.672. The Balaban J connectivity index is 0.00000180. The molecule has 0 aromatic carbocycles. The molecule has 114 valence electrons. The standard InChI is InChI=1S/C12H18N4O2.2ClH/c13-11(17)10-2-1-3-15-12(10)16-7-9-6-14-4-5-18-8-9;;/h1-3,9,14H,4-8H2,(H2,13,17)(H,15,16);2*1H. The Labute approximate surface area is 130 Å². The molecule has 1 aromatic heterocycles. The van der Waals surface area contributed by atoms with Gasteiger partial charge in [0.05, 0.1) is 18.8 Å². The Morgan fingerprint density at radius 1 is 1.55 bits per heavy atom. The zero-order chi connectivity index (χ0) is 12.8. The number of carbonyl (C=O) groups is 1. The Hall–Kier alpha value is -1.08. The first-order chi connectivity index (χ1) is 8.77. The van der Waals surface area contributed by atoms with Gasteiger partial charge in [0.25, 0.3) is 5.91 Å².